The predicted molar refractivity (Wildman–Crippen MR) is 99.5 cm³/mol. The van der Waals surface area contributed by atoms with Crippen LogP contribution in [-0.2, 0) is 11.3 Å². The van der Waals surface area contributed by atoms with Gasteiger partial charge in [-0.15, -0.1) is 0 Å². The number of hydrogen-bond acceptors (Lipinski definition) is 4. The minimum Gasteiger partial charge on any atom is -0.444 e. The standard InChI is InChI=1S/C20H15FN4O2/c21-16-8-4-7-14(9-16)15-10-17-18(22-11-15)24-25-19(17)23-20(26)27-12-13-5-2-1-3-6-13/h1-11H,12H2,(H2,22,23,24,25,26). The van der Waals surface area contributed by atoms with Gasteiger partial charge in [0.2, 0.25) is 0 Å². The highest BCUT2D eigenvalue weighted by atomic mass is 19.1. The van der Waals surface area contributed by atoms with Crippen LogP contribution in [0.3, 0.4) is 0 Å². The molecule has 0 unspecified atom stereocenters. The first-order chi connectivity index (χ1) is 13.2. The molecule has 0 radical (unpaired) electrons. The van der Waals surface area contributed by atoms with Gasteiger partial charge in [-0.3, -0.25) is 10.4 Å². The van der Waals surface area contributed by atoms with Crippen LogP contribution >= 0.6 is 0 Å². The quantitative estimate of drug-likeness (QED) is 0.560. The lowest BCUT2D eigenvalue weighted by molar-refractivity contribution is 0.155. The molecule has 0 aliphatic rings. The molecule has 0 saturated carbocycles. The zero-order valence-corrected chi connectivity index (χ0v) is 14.1. The second kappa shape index (κ2) is 7.25. The van der Waals surface area contributed by atoms with Gasteiger partial charge in [0, 0.05) is 11.8 Å². The first-order valence-corrected chi connectivity index (χ1v) is 8.27. The van der Waals surface area contributed by atoms with E-state index in [9.17, 15) is 9.18 Å². The molecule has 2 aromatic carbocycles. The largest absolute Gasteiger partial charge is 0.444 e. The highest BCUT2D eigenvalue weighted by molar-refractivity contribution is 5.97. The topological polar surface area (TPSA) is 79.9 Å². The Bertz CT molecular complexity index is 1100. The van der Waals surface area contributed by atoms with Crippen LogP contribution in [-0.4, -0.2) is 21.3 Å². The number of benzene rings is 2. The summed E-state index contributed by atoms with van der Waals surface area (Å²) < 4.78 is 18.7. The molecule has 6 nitrogen and oxygen atoms in total. The summed E-state index contributed by atoms with van der Waals surface area (Å²) in [7, 11) is 0. The number of rotatable bonds is 4. The number of ether oxygens (including phenoxy) is 1. The number of pyridine rings is 1. The van der Waals surface area contributed by atoms with Crippen molar-refractivity contribution in [3.05, 3.63) is 78.2 Å². The molecule has 4 aromatic rings. The molecule has 4 rings (SSSR count). The maximum atomic E-state index is 13.5. The third kappa shape index (κ3) is 3.77. The molecule has 7 heteroatoms. The second-order valence-electron chi connectivity index (χ2n) is 5.89. The third-order valence-corrected chi connectivity index (χ3v) is 4.01. The van der Waals surface area contributed by atoms with Crippen LogP contribution in [0.2, 0.25) is 0 Å². The van der Waals surface area contributed by atoms with E-state index in [4.69, 9.17) is 4.74 Å². The summed E-state index contributed by atoms with van der Waals surface area (Å²) in [6, 6.07) is 17.4. The van der Waals surface area contributed by atoms with Crippen molar-refractivity contribution < 1.29 is 13.9 Å². The van der Waals surface area contributed by atoms with Crippen LogP contribution in [0.25, 0.3) is 22.2 Å². The molecule has 0 saturated heterocycles. The average Bonchev–Trinajstić information content (AvgIpc) is 3.09. The van der Waals surface area contributed by atoms with E-state index in [1.807, 2.05) is 30.3 Å². The zero-order valence-electron chi connectivity index (χ0n) is 14.1. The molecule has 2 aromatic heterocycles. The summed E-state index contributed by atoms with van der Waals surface area (Å²) in [6.07, 6.45) is 0.996. The monoisotopic (exact) mass is 362 g/mol. The highest BCUT2D eigenvalue weighted by Gasteiger charge is 2.12. The Labute approximate surface area is 154 Å². The van der Waals surface area contributed by atoms with Crippen LogP contribution in [0.4, 0.5) is 15.0 Å². The molecular weight excluding hydrogens is 347 g/mol. The van der Waals surface area contributed by atoms with Crippen molar-refractivity contribution in [2.24, 2.45) is 0 Å². The number of aromatic nitrogens is 3. The smallest absolute Gasteiger partial charge is 0.413 e. The number of hydrogen-bond donors (Lipinski definition) is 2. The van der Waals surface area contributed by atoms with Gasteiger partial charge < -0.3 is 4.74 Å². The molecule has 2 N–H and O–H groups in total. The molecular formula is C20H15FN4O2. The summed E-state index contributed by atoms with van der Waals surface area (Å²) in [5.74, 6) is 0.0384. The van der Waals surface area contributed by atoms with Crippen molar-refractivity contribution in [1.29, 1.82) is 0 Å². The van der Waals surface area contributed by atoms with E-state index < -0.39 is 6.09 Å². The number of nitrogens with zero attached hydrogens (tertiary/aromatic N) is 2. The predicted octanol–water partition coefficient (Wildman–Crippen LogP) is 4.51. The first-order valence-electron chi connectivity index (χ1n) is 8.27. The van der Waals surface area contributed by atoms with Crippen LogP contribution in [0.15, 0.2) is 66.9 Å². The Morgan fingerprint density at radius 1 is 1.07 bits per heavy atom. The highest BCUT2D eigenvalue weighted by Crippen LogP contribution is 2.26. The number of anilines is 1. The van der Waals surface area contributed by atoms with Crippen molar-refractivity contribution in [1.82, 2.24) is 15.2 Å². The Morgan fingerprint density at radius 3 is 2.74 bits per heavy atom. The zero-order chi connectivity index (χ0) is 18.6. The Balaban J connectivity index is 1.53. The van der Waals surface area contributed by atoms with Crippen molar-refractivity contribution in [2.75, 3.05) is 5.32 Å². The van der Waals surface area contributed by atoms with Gasteiger partial charge in [-0.05, 0) is 29.3 Å². The molecule has 27 heavy (non-hydrogen) atoms. The molecule has 1 amide bonds. The summed E-state index contributed by atoms with van der Waals surface area (Å²) >= 11 is 0. The van der Waals surface area contributed by atoms with E-state index in [0.717, 1.165) is 5.56 Å². The number of nitrogens with one attached hydrogen (secondary N) is 2. The number of fused-ring (bicyclic) bond motifs is 1. The average molecular weight is 362 g/mol. The fraction of sp³-hybridized carbons (Fsp3) is 0.0500. The van der Waals surface area contributed by atoms with E-state index in [-0.39, 0.29) is 12.4 Å². The number of aromatic amines is 1. The van der Waals surface area contributed by atoms with E-state index in [0.29, 0.717) is 28.0 Å². The molecule has 2 heterocycles. The normalized spacial score (nSPS) is 10.7. The van der Waals surface area contributed by atoms with Gasteiger partial charge in [0.1, 0.15) is 18.2 Å². The van der Waals surface area contributed by atoms with Crippen molar-refractivity contribution in [3.63, 3.8) is 0 Å². The molecule has 134 valence electrons. The molecule has 0 aliphatic carbocycles. The van der Waals surface area contributed by atoms with Gasteiger partial charge in [-0.25, -0.2) is 14.2 Å². The molecule has 0 fully saturated rings. The molecule has 0 bridgehead atoms. The van der Waals surface area contributed by atoms with Crippen molar-refractivity contribution in [2.45, 2.75) is 6.61 Å². The van der Waals surface area contributed by atoms with E-state index in [1.54, 1.807) is 24.4 Å². The maximum Gasteiger partial charge on any atom is 0.413 e. The van der Waals surface area contributed by atoms with Crippen molar-refractivity contribution >= 4 is 22.9 Å². The number of halogens is 1. The summed E-state index contributed by atoms with van der Waals surface area (Å²) in [6.45, 7) is 0.158. The van der Waals surface area contributed by atoms with Crippen LogP contribution in [0.1, 0.15) is 5.56 Å². The van der Waals surface area contributed by atoms with Gasteiger partial charge in [0.05, 0.1) is 5.39 Å². The van der Waals surface area contributed by atoms with Gasteiger partial charge >= 0.3 is 6.09 Å². The fourth-order valence-corrected chi connectivity index (χ4v) is 2.68. The fourth-order valence-electron chi connectivity index (χ4n) is 2.68. The lowest BCUT2D eigenvalue weighted by Gasteiger charge is -2.06. The lowest BCUT2D eigenvalue weighted by Crippen LogP contribution is -2.14. The second-order valence-corrected chi connectivity index (χ2v) is 5.89. The SMILES string of the molecule is O=C(Nc1[nH]nc2ncc(-c3cccc(F)c3)cc12)OCc1ccccc1. The van der Waals surface area contributed by atoms with Gasteiger partial charge in [-0.2, -0.15) is 5.10 Å². The van der Waals surface area contributed by atoms with E-state index in [1.165, 1.54) is 12.1 Å². The number of carbonyl (C=O) groups excluding carboxylic acids is 1. The van der Waals surface area contributed by atoms with Gasteiger partial charge in [0.25, 0.3) is 0 Å². The number of H-pyrrole nitrogens is 1. The number of amides is 1. The Morgan fingerprint density at radius 2 is 1.93 bits per heavy atom. The maximum absolute atomic E-state index is 13.5. The van der Waals surface area contributed by atoms with Crippen molar-refractivity contribution in [3.8, 4) is 11.1 Å². The minimum absolute atomic E-state index is 0.158. The molecule has 0 atom stereocenters. The summed E-state index contributed by atoms with van der Waals surface area (Å²) in [5.41, 5.74) is 2.72. The summed E-state index contributed by atoms with van der Waals surface area (Å²) in [4.78, 5) is 16.3. The van der Waals surface area contributed by atoms with E-state index in [2.05, 4.69) is 20.5 Å². The Kier molecular flexibility index (Phi) is 4.49. The van der Waals surface area contributed by atoms with Crippen LogP contribution in [0.5, 0.6) is 0 Å². The lowest BCUT2D eigenvalue weighted by atomic mass is 10.1. The van der Waals surface area contributed by atoms with Crippen LogP contribution < -0.4 is 5.32 Å². The third-order valence-electron chi connectivity index (χ3n) is 4.01. The molecule has 0 aliphatic heterocycles. The van der Waals surface area contributed by atoms with Gasteiger partial charge in [-0.1, -0.05) is 42.5 Å². The van der Waals surface area contributed by atoms with Gasteiger partial charge in [0.15, 0.2) is 5.65 Å². The van der Waals surface area contributed by atoms with Crippen LogP contribution in [0, 0.1) is 5.82 Å². The Hall–Kier alpha value is -3.74. The summed E-state index contributed by atoms with van der Waals surface area (Å²) in [5, 5.41) is 10.0. The molecule has 0 spiro atoms. The minimum atomic E-state index is -0.611. The van der Waals surface area contributed by atoms with E-state index >= 15 is 0 Å². The first kappa shape index (κ1) is 16.7. The number of carbonyl (C=O) groups is 1.